The molecule has 0 spiro atoms. The molecule has 2 aromatic rings. The van der Waals surface area contributed by atoms with Crippen molar-refractivity contribution in [2.24, 2.45) is 4.99 Å². The number of anilines is 1. The van der Waals surface area contributed by atoms with Gasteiger partial charge in [-0.2, -0.15) is 0 Å². The Morgan fingerprint density at radius 2 is 2.27 bits per heavy atom. The number of halogens is 2. The Hall–Kier alpha value is -2.22. The lowest BCUT2D eigenvalue weighted by Crippen LogP contribution is -2.45. The van der Waals surface area contributed by atoms with Crippen LogP contribution >= 0.6 is 11.3 Å². The highest BCUT2D eigenvalue weighted by Crippen LogP contribution is 2.24. The van der Waals surface area contributed by atoms with E-state index < -0.39 is 11.6 Å². The summed E-state index contributed by atoms with van der Waals surface area (Å²) in [4.78, 5) is 11.7. The monoisotopic (exact) mass is 379 g/mol. The van der Waals surface area contributed by atoms with Gasteiger partial charge in [0.2, 0.25) is 0 Å². The van der Waals surface area contributed by atoms with Crippen molar-refractivity contribution < 1.29 is 8.78 Å². The van der Waals surface area contributed by atoms with Crippen LogP contribution in [0.1, 0.15) is 16.3 Å². The molecule has 0 aliphatic carbocycles. The van der Waals surface area contributed by atoms with Gasteiger partial charge in [-0.05, 0) is 25.5 Å². The van der Waals surface area contributed by atoms with E-state index in [2.05, 4.69) is 20.6 Å². The fourth-order valence-electron chi connectivity index (χ4n) is 3.03. The van der Waals surface area contributed by atoms with Crippen LogP contribution in [-0.4, -0.2) is 43.7 Å². The van der Waals surface area contributed by atoms with Crippen molar-refractivity contribution >= 4 is 23.0 Å². The fourth-order valence-corrected chi connectivity index (χ4v) is 3.81. The Morgan fingerprint density at radius 1 is 1.42 bits per heavy atom. The Bertz CT molecular complexity index is 777. The number of hydrogen-bond donors (Lipinski definition) is 2. The zero-order chi connectivity index (χ0) is 18.5. The molecule has 1 aliphatic heterocycles. The first kappa shape index (κ1) is 18.6. The number of hydrogen-bond acceptors (Lipinski definition) is 4. The molecule has 5 nitrogen and oxygen atoms in total. The molecule has 1 aromatic carbocycles. The Morgan fingerprint density at radius 3 is 2.96 bits per heavy atom. The maximum absolute atomic E-state index is 13.9. The molecule has 0 amide bonds. The van der Waals surface area contributed by atoms with E-state index in [-0.39, 0.29) is 6.04 Å². The number of guanidine groups is 1. The molecule has 1 atom stereocenters. The third kappa shape index (κ3) is 4.69. The highest BCUT2D eigenvalue weighted by molar-refractivity contribution is 7.11. The average molecular weight is 379 g/mol. The van der Waals surface area contributed by atoms with Crippen LogP contribution in [0.5, 0.6) is 0 Å². The van der Waals surface area contributed by atoms with Crippen LogP contribution in [0.15, 0.2) is 29.4 Å². The summed E-state index contributed by atoms with van der Waals surface area (Å²) in [7, 11) is 1.73. The van der Waals surface area contributed by atoms with Crippen molar-refractivity contribution in [2.45, 2.75) is 25.8 Å². The quantitative estimate of drug-likeness (QED) is 0.620. The predicted molar refractivity (Wildman–Crippen MR) is 102 cm³/mol. The average Bonchev–Trinajstić information content (AvgIpc) is 3.23. The summed E-state index contributed by atoms with van der Waals surface area (Å²) < 4.78 is 27.0. The maximum atomic E-state index is 13.9. The molecule has 0 bridgehead atoms. The standard InChI is InChI=1S/C18H23F2N5S/c1-12-10-23-17(26-12)5-7-22-18(21-2)24-14-6-8-25(11-14)16-4-3-13(19)9-15(16)20/h3-4,9-10,14H,5-8,11H2,1-2H3,(H2,21,22,24). The Balaban J connectivity index is 1.48. The highest BCUT2D eigenvalue weighted by Gasteiger charge is 2.25. The fraction of sp³-hybridized carbons (Fsp3) is 0.444. The zero-order valence-electron chi connectivity index (χ0n) is 14.9. The van der Waals surface area contributed by atoms with Crippen molar-refractivity contribution in [3.8, 4) is 0 Å². The smallest absolute Gasteiger partial charge is 0.191 e. The normalized spacial score (nSPS) is 17.6. The van der Waals surface area contributed by atoms with Crippen LogP contribution in [0.4, 0.5) is 14.5 Å². The van der Waals surface area contributed by atoms with Crippen LogP contribution < -0.4 is 15.5 Å². The second-order valence-corrected chi connectivity index (χ2v) is 7.60. The van der Waals surface area contributed by atoms with Crippen molar-refractivity contribution in [3.05, 3.63) is 45.9 Å². The molecule has 2 N–H and O–H groups in total. The van der Waals surface area contributed by atoms with Gasteiger partial charge in [-0.25, -0.2) is 13.8 Å². The second-order valence-electron chi connectivity index (χ2n) is 6.29. The summed E-state index contributed by atoms with van der Waals surface area (Å²) in [6, 6.07) is 3.88. The molecule has 8 heteroatoms. The van der Waals surface area contributed by atoms with Gasteiger partial charge in [0.05, 0.1) is 10.7 Å². The molecule has 1 unspecified atom stereocenters. The van der Waals surface area contributed by atoms with Gasteiger partial charge in [0.25, 0.3) is 0 Å². The SMILES string of the molecule is CN=C(NCCc1ncc(C)s1)NC1CCN(c2ccc(F)cc2F)C1. The van der Waals surface area contributed by atoms with E-state index in [0.29, 0.717) is 12.2 Å². The van der Waals surface area contributed by atoms with Gasteiger partial charge in [-0.3, -0.25) is 4.99 Å². The number of benzene rings is 1. The number of aryl methyl sites for hydroxylation is 1. The summed E-state index contributed by atoms with van der Waals surface area (Å²) >= 11 is 1.70. The van der Waals surface area contributed by atoms with Gasteiger partial charge in [0.1, 0.15) is 11.6 Å². The van der Waals surface area contributed by atoms with E-state index in [4.69, 9.17) is 0 Å². The number of aliphatic imine (C=N–C) groups is 1. The number of aromatic nitrogens is 1. The van der Waals surface area contributed by atoms with E-state index in [1.54, 1.807) is 18.4 Å². The number of nitrogens with zero attached hydrogens (tertiary/aromatic N) is 3. The van der Waals surface area contributed by atoms with E-state index in [0.717, 1.165) is 43.0 Å². The van der Waals surface area contributed by atoms with Gasteiger partial charge in [0, 0.05) is 56.3 Å². The van der Waals surface area contributed by atoms with Gasteiger partial charge in [-0.15, -0.1) is 11.3 Å². The van der Waals surface area contributed by atoms with Gasteiger partial charge in [-0.1, -0.05) is 0 Å². The summed E-state index contributed by atoms with van der Waals surface area (Å²) in [6.45, 7) is 4.16. The van der Waals surface area contributed by atoms with Gasteiger partial charge >= 0.3 is 0 Å². The topological polar surface area (TPSA) is 52.6 Å². The van der Waals surface area contributed by atoms with Crippen molar-refractivity contribution in [1.82, 2.24) is 15.6 Å². The molecule has 1 saturated heterocycles. The molecule has 1 aromatic heterocycles. The first-order valence-corrected chi connectivity index (χ1v) is 9.45. The number of thiazole rings is 1. The predicted octanol–water partition coefficient (Wildman–Crippen LogP) is 2.72. The molecule has 140 valence electrons. The second kappa shape index (κ2) is 8.44. The minimum atomic E-state index is -0.555. The third-order valence-corrected chi connectivity index (χ3v) is 5.28. The largest absolute Gasteiger partial charge is 0.367 e. The summed E-state index contributed by atoms with van der Waals surface area (Å²) in [5.74, 6) is -0.350. The lowest BCUT2D eigenvalue weighted by atomic mass is 10.2. The summed E-state index contributed by atoms with van der Waals surface area (Å²) in [6.07, 6.45) is 3.59. The summed E-state index contributed by atoms with van der Waals surface area (Å²) in [5.41, 5.74) is 0.442. The van der Waals surface area contributed by atoms with Crippen LogP contribution in [0.25, 0.3) is 0 Å². The molecule has 26 heavy (non-hydrogen) atoms. The Labute approximate surface area is 156 Å². The Kier molecular flexibility index (Phi) is 6.03. The zero-order valence-corrected chi connectivity index (χ0v) is 15.7. The van der Waals surface area contributed by atoms with E-state index in [1.165, 1.54) is 17.0 Å². The van der Waals surface area contributed by atoms with Crippen LogP contribution in [0.3, 0.4) is 0 Å². The third-order valence-electron chi connectivity index (χ3n) is 4.30. The first-order valence-electron chi connectivity index (χ1n) is 8.63. The number of nitrogens with one attached hydrogen (secondary N) is 2. The lowest BCUT2D eigenvalue weighted by molar-refractivity contribution is 0.580. The molecule has 0 radical (unpaired) electrons. The molecule has 0 saturated carbocycles. The lowest BCUT2D eigenvalue weighted by Gasteiger charge is -2.21. The van der Waals surface area contributed by atoms with Crippen molar-refractivity contribution in [2.75, 3.05) is 31.6 Å². The van der Waals surface area contributed by atoms with Crippen LogP contribution in [0, 0.1) is 18.6 Å². The molecule has 3 rings (SSSR count). The highest BCUT2D eigenvalue weighted by atomic mass is 32.1. The maximum Gasteiger partial charge on any atom is 0.191 e. The molecular formula is C18H23F2N5S. The van der Waals surface area contributed by atoms with Crippen molar-refractivity contribution in [3.63, 3.8) is 0 Å². The minimum Gasteiger partial charge on any atom is -0.367 e. The minimum absolute atomic E-state index is 0.160. The van der Waals surface area contributed by atoms with E-state index >= 15 is 0 Å². The van der Waals surface area contributed by atoms with E-state index in [1.807, 2.05) is 18.0 Å². The summed E-state index contributed by atoms with van der Waals surface area (Å²) in [5, 5.41) is 7.76. The van der Waals surface area contributed by atoms with Gasteiger partial charge in [0.15, 0.2) is 5.96 Å². The van der Waals surface area contributed by atoms with Crippen LogP contribution in [0.2, 0.25) is 0 Å². The van der Waals surface area contributed by atoms with E-state index in [9.17, 15) is 8.78 Å². The molecular weight excluding hydrogens is 356 g/mol. The number of rotatable bonds is 5. The molecule has 2 heterocycles. The molecule has 1 fully saturated rings. The van der Waals surface area contributed by atoms with Gasteiger partial charge < -0.3 is 15.5 Å². The van der Waals surface area contributed by atoms with Crippen LogP contribution in [-0.2, 0) is 6.42 Å². The first-order chi connectivity index (χ1) is 12.5. The molecule has 1 aliphatic rings. The van der Waals surface area contributed by atoms with Crippen molar-refractivity contribution in [1.29, 1.82) is 0 Å².